The van der Waals surface area contributed by atoms with E-state index in [0.717, 1.165) is 0 Å². The van der Waals surface area contributed by atoms with Crippen molar-refractivity contribution in [2.75, 3.05) is 0 Å². The molecule has 11 heavy (non-hydrogen) atoms. The minimum absolute atomic E-state index is 0.0312. The Kier molecular flexibility index (Phi) is 2.70. The van der Waals surface area contributed by atoms with Gasteiger partial charge in [0.2, 0.25) is 5.91 Å². The maximum atomic E-state index is 10.4. The Morgan fingerprint density at radius 1 is 1.55 bits per heavy atom. The number of carbonyl (C=O) groups excluding carboxylic acids is 2. The number of amides is 1. The summed E-state index contributed by atoms with van der Waals surface area (Å²) in [6.45, 7) is 0. The highest BCUT2D eigenvalue weighted by molar-refractivity contribution is 6.03. The molecule has 0 saturated carbocycles. The van der Waals surface area contributed by atoms with Crippen molar-refractivity contribution < 1.29 is 19.5 Å². The smallest absolute Gasteiger partial charge is 0.306 e. The van der Waals surface area contributed by atoms with Gasteiger partial charge in [-0.3, -0.25) is 9.59 Å². The summed E-state index contributed by atoms with van der Waals surface area (Å²) in [5.74, 6) is -2.49. The van der Waals surface area contributed by atoms with Gasteiger partial charge in [-0.1, -0.05) is 0 Å². The van der Waals surface area contributed by atoms with E-state index in [2.05, 4.69) is 5.73 Å². The van der Waals surface area contributed by atoms with Gasteiger partial charge in [-0.05, 0) is 0 Å². The van der Waals surface area contributed by atoms with Crippen LogP contribution in [0.5, 0.6) is 0 Å². The topological polar surface area (TPSA) is 123 Å². The number of aliphatic carboxylic acids is 1. The van der Waals surface area contributed by atoms with Crippen molar-refractivity contribution in [1.82, 2.24) is 0 Å². The molecule has 0 aromatic rings. The van der Waals surface area contributed by atoms with E-state index in [1.807, 2.05) is 0 Å². The van der Waals surface area contributed by atoms with Gasteiger partial charge in [0.05, 0.1) is 6.42 Å². The molecule has 0 fully saturated rings. The lowest BCUT2D eigenvalue weighted by atomic mass is 9.98. The third-order valence-corrected chi connectivity index (χ3v) is 1.11. The van der Waals surface area contributed by atoms with Crippen molar-refractivity contribution in [3.8, 4) is 0 Å². The number of rotatable bonds is 4. The Hall–Kier alpha value is -1.43. The van der Waals surface area contributed by atoms with Crippen LogP contribution >= 0.6 is 0 Å². The third kappa shape index (κ3) is 2.34. The number of carbonyl (C=O) groups is 3. The van der Waals surface area contributed by atoms with Gasteiger partial charge >= 0.3 is 5.97 Å². The average Bonchev–Trinajstić information content (AvgIpc) is 1.86. The van der Waals surface area contributed by atoms with E-state index in [9.17, 15) is 14.4 Å². The monoisotopic (exact) mass is 160 g/mol. The first-order valence-electron chi connectivity index (χ1n) is 2.69. The van der Waals surface area contributed by atoms with Crippen LogP contribution in [-0.4, -0.2) is 28.8 Å². The molecule has 0 rings (SSSR count). The number of primary amides is 1. The van der Waals surface area contributed by atoms with Crippen LogP contribution in [0.15, 0.2) is 0 Å². The molecular formula is C5H8N2O4. The summed E-state index contributed by atoms with van der Waals surface area (Å²) in [7, 11) is 0. The molecule has 0 heterocycles. The van der Waals surface area contributed by atoms with Crippen LogP contribution in [0.3, 0.4) is 0 Å². The van der Waals surface area contributed by atoms with E-state index in [-0.39, 0.29) is 6.29 Å². The molecule has 0 unspecified atom stereocenters. The predicted octanol–water partition coefficient (Wildman–Crippen LogP) is -2.16. The molecule has 0 aromatic carbocycles. The summed E-state index contributed by atoms with van der Waals surface area (Å²) in [6, 6.07) is 0. The second kappa shape index (κ2) is 3.11. The molecule has 0 saturated heterocycles. The molecule has 6 nitrogen and oxygen atoms in total. The zero-order valence-corrected chi connectivity index (χ0v) is 5.61. The van der Waals surface area contributed by atoms with Gasteiger partial charge < -0.3 is 21.4 Å². The van der Waals surface area contributed by atoms with Crippen molar-refractivity contribution in [2.24, 2.45) is 11.5 Å². The first-order valence-corrected chi connectivity index (χ1v) is 2.69. The Balaban J connectivity index is 4.47. The average molecular weight is 160 g/mol. The van der Waals surface area contributed by atoms with Crippen molar-refractivity contribution >= 4 is 18.2 Å². The summed E-state index contributed by atoms with van der Waals surface area (Å²) in [5, 5.41) is 8.18. The highest BCUT2D eigenvalue weighted by atomic mass is 16.4. The first-order chi connectivity index (χ1) is 4.92. The number of nitrogens with two attached hydrogens (primary N) is 2. The highest BCUT2D eigenvalue weighted by Gasteiger charge is 2.34. The number of aldehydes is 1. The van der Waals surface area contributed by atoms with Crippen LogP contribution in [0.2, 0.25) is 0 Å². The van der Waals surface area contributed by atoms with Gasteiger partial charge in [0.25, 0.3) is 0 Å². The zero-order chi connectivity index (χ0) is 9.07. The molecule has 0 bridgehead atoms. The van der Waals surface area contributed by atoms with E-state index >= 15 is 0 Å². The minimum atomic E-state index is -2.08. The third-order valence-electron chi connectivity index (χ3n) is 1.11. The van der Waals surface area contributed by atoms with E-state index in [1.54, 1.807) is 0 Å². The van der Waals surface area contributed by atoms with Crippen LogP contribution in [-0.2, 0) is 14.4 Å². The maximum Gasteiger partial charge on any atom is 0.306 e. The van der Waals surface area contributed by atoms with Crippen LogP contribution in [0.4, 0.5) is 0 Å². The second-order valence-corrected chi connectivity index (χ2v) is 2.09. The molecule has 0 radical (unpaired) electrons. The van der Waals surface area contributed by atoms with E-state index in [1.165, 1.54) is 0 Å². The largest absolute Gasteiger partial charge is 0.481 e. The lowest BCUT2D eigenvalue weighted by molar-refractivity contribution is -0.143. The van der Waals surface area contributed by atoms with Crippen LogP contribution in [0.25, 0.3) is 0 Å². The molecule has 0 aliphatic heterocycles. The molecule has 5 N–H and O–H groups in total. The molecule has 6 heteroatoms. The van der Waals surface area contributed by atoms with E-state index in [0.29, 0.717) is 0 Å². The van der Waals surface area contributed by atoms with Crippen molar-refractivity contribution in [2.45, 2.75) is 12.0 Å². The number of hydrogen-bond donors (Lipinski definition) is 3. The lowest BCUT2D eigenvalue weighted by Crippen LogP contribution is -2.54. The SMILES string of the molecule is NC(=O)[C@](N)(C=O)CC(=O)O. The first kappa shape index (κ1) is 9.57. The fraction of sp³-hybridized carbons (Fsp3) is 0.400. The van der Waals surface area contributed by atoms with Gasteiger partial charge in [-0.25, -0.2) is 0 Å². The molecule has 1 amide bonds. The minimum Gasteiger partial charge on any atom is -0.481 e. The quantitative estimate of drug-likeness (QED) is 0.319. The standard InChI is InChI=1S/C5H8N2O4/c6-4(11)5(7,2-8)1-3(9)10/h2H,1,7H2,(H2,6,11)(H,9,10)/t5-/m1/s1. The summed E-state index contributed by atoms with van der Waals surface area (Å²) < 4.78 is 0. The maximum absolute atomic E-state index is 10.4. The number of hydrogen-bond acceptors (Lipinski definition) is 4. The normalized spacial score (nSPS) is 15.0. The molecule has 0 spiro atoms. The fourth-order valence-electron chi connectivity index (χ4n) is 0.437. The summed E-state index contributed by atoms with van der Waals surface area (Å²) in [4.78, 5) is 30.5. The van der Waals surface area contributed by atoms with Gasteiger partial charge in [-0.2, -0.15) is 0 Å². The molecular weight excluding hydrogens is 152 g/mol. The van der Waals surface area contributed by atoms with Gasteiger partial charge in [0.1, 0.15) is 6.29 Å². The second-order valence-electron chi connectivity index (χ2n) is 2.09. The van der Waals surface area contributed by atoms with Crippen molar-refractivity contribution in [3.05, 3.63) is 0 Å². The highest BCUT2D eigenvalue weighted by Crippen LogP contribution is 2.01. The molecule has 0 aliphatic rings. The van der Waals surface area contributed by atoms with Crippen molar-refractivity contribution in [3.63, 3.8) is 0 Å². The number of carboxylic acid groups (broad SMARTS) is 1. The fourth-order valence-corrected chi connectivity index (χ4v) is 0.437. The Bertz CT molecular complexity index is 203. The Morgan fingerprint density at radius 3 is 2.09 bits per heavy atom. The summed E-state index contributed by atoms with van der Waals surface area (Å²) in [5.41, 5.74) is 7.61. The van der Waals surface area contributed by atoms with Crippen LogP contribution in [0.1, 0.15) is 6.42 Å². The van der Waals surface area contributed by atoms with Crippen molar-refractivity contribution in [1.29, 1.82) is 0 Å². The van der Waals surface area contributed by atoms with Crippen LogP contribution in [0, 0.1) is 0 Å². The molecule has 1 atom stereocenters. The molecule has 0 aromatic heterocycles. The Morgan fingerprint density at radius 2 is 2.00 bits per heavy atom. The van der Waals surface area contributed by atoms with Crippen LogP contribution < -0.4 is 11.5 Å². The summed E-state index contributed by atoms with van der Waals surface area (Å²) in [6.07, 6.45) is -0.755. The lowest BCUT2D eigenvalue weighted by Gasteiger charge is -2.14. The van der Waals surface area contributed by atoms with Gasteiger partial charge in [-0.15, -0.1) is 0 Å². The van der Waals surface area contributed by atoms with Gasteiger partial charge in [0.15, 0.2) is 5.54 Å². The predicted molar refractivity (Wildman–Crippen MR) is 34.4 cm³/mol. The summed E-state index contributed by atoms with van der Waals surface area (Å²) >= 11 is 0. The molecule has 62 valence electrons. The van der Waals surface area contributed by atoms with E-state index < -0.39 is 23.8 Å². The Labute approximate surface area is 62.2 Å². The van der Waals surface area contributed by atoms with Gasteiger partial charge in [0, 0.05) is 0 Å². The zero-order valence-electron chi connectivity index (χ0n) is 5.61. The molecule has 0 aliphatic carbocycles. The number of carboxylic acids is 1. The van der Waals surface area contributed by atoms with E-state index in [4.69, 9.17) is 10.8 Å².